The van der Waals surface area contributed by atoms with Crippen molar-refractivity contribution in [2.75, 3.05) is 18.5 Å². The number of anilines is 1. The number of aliphatic carboxylic acids is 1. The van der Waals surface area contributed by atoms with E-state index in [4.69, 9.17) is 5.11 Å². The first kappa shape index (κ1) is 16.0. The minimum Gasteiger partial charge on any atom is -0.481 e. The molecule has 1 aromatic rings. The molecule has 0 aliphatic rings. The molecule has 2 amide bonds. The van der Waals surface area contributed by atoms with Crippen LogP contribution in [0.4, 0.5) is 10.5 Å². The second kappa shape index (κ2) is 7.53. The summed E-state index contributed by atoms with van der Waals surface area (Å²) in [4.78, 5) is 24.5. The standard InChI is InChI=1S/C15H22N2O3/c1-4-5-12(14(18)19)10-16-15(20)17(3)13-8-6-11(2)7-9-13/h6-9,12H,4-5,10H2,1-3H3,(H,16,20)(H,18,19). The van der Waals surface area contributed by atoms with Gasteiger partial charge in [-0.05, 0) is 25.5 Å². The lowest BCUT2D eigenvalue weighted by Gasteiger charge is -2.20. The molecule has 0 aliphatic heterocycles. The van der Waals surface area contributed by atoms with Gasteiger partial charge in [0, 0.05) is 19.3 Å². The lowest BCUT2D eigenvalue weighted by atomic mass is 10.0. The molecular formula is C15H22N2O3. The van der Waals surface area contributed by atoms with Crippen LogP contribution in [-0.4, -0.2) is 30.7 Å². The molecule has 0 fully saturated rings. The summed E-state index contributed by atoms with van der Waals surface area (Å²) in [5, 5.41) is 11.7. The molecule has 0 bridgehead atoms. The van der Waals surface area contributed by atoms with Crippen LogP contribution in [0.3, 0.4) is 0 Å². The number of amides is 2. The third-order valence-electron chi connectivity index (χ3n) is 3.21. The van der Waals surface area contributed by atoms with E-state index in [1.807, 2.05) is 38.1 Å². The van der Waals surface area contributed by atoms with Crippen molar-refractivity contribution in [3.8, 4) is 0 Å². The maximum absolute atomic E-state index is 12.0. The van der Waals surface area contributed by atoms with Gasteiger partial charge in [0.25, 0.3) is 0 Å². The van der Waals surface area contributed by atoms with E-state index in [1.165, 1.54) is 4.90 Å². The Morgan fingerprint density at radius 2 is 1.90 bits per heavy atom. The number of aryl methyl sites for hydroxylation is 1. The smallest absolute Gasteiger partial charge is 0.321 e. The predicted octanol–water partition coefficient (Wildman–Crippen LogP) is 2.64. The van der Waals surface area contributed by atoms with E-state index in [-0.39, 0.29) is 12.6 Å². The first-order valence-electron chi connectivity index (χ1n) is 6.76. The third kappa shape index (κ3) is 4.57. The van der Waals surface area contributed by atoms with Crippen molar-refractivity contribution in [3.05, 3.63) is 29.8 Å². The van der Waals surface area contributed by atoms with Gasteiger partial charge in [-0.3, -0.25) is 9.69 Å². The van der Waals surface area contributed by atoms with E-state index < -0.39 is 11.9 Å². The van der Waals surface area contributed by atoms with Gasteiger partial charge in [0.1, 0.15) is 0 Å². The summed E-state index contributed by atoms with van der Waals surface area (Å²) in [6.07, 6.45) is 1.34. The van der Waals surface area contributed by atoms with Crippen LogP contribution in [0.15, 0.2) is 24.3 Å². The number of urea groups is 1. The highest BCUT2D eigenvalue weighted by molar-refractivity contribution is 5.91. The molecule has 1 aromatic carbocycles. The zero-order valence-corrected chi connectivity index (χ0v) is 12.2. The quantitative estimate of drug-likeness (QED) is 0.840. The van der Waals surface area contributed by atoms with Crippen LogP contribution in [0.2, 0.25) is 0 Å². The summed E-state index contributed by atoms with van der Waals surface area (Å²) in [6, 6.07) is 7.27. The average molecular weight is 278 g/mol. The van der Waals surface area contributed by atoms with Gasteiger partial charge in [-0.2, -0.15) is 0 Å². The number of carbonyl (C=O) groups excluding carboxylic acids is 1. The molecule has 0 heterocycles. The van der Waals surface area contributed by atoms with Gasteiger partial charge in [-0.1, -0.05) is 31.0 Å². The van der Waals surface area contributed by atoms with Crippen LogP contribution < -0.4 is 10.2 Å². The fourth-order valence-corrected chi connectivity index (χ4v) is 1.88. The number of nitrogens with zero attached hydrogens (tertiary/aromatic N) is 1. The largest absolute Gasteiger partial charge is 0.481 e. The summed E-state index contributed by atoms with van der Waals surface area (Å²) < 4.78 is 0. The molecular weight excluding hydrogens is 256 g/mol. The third-order valence-corrected chi connectivity index (χ3v) is 3.21. The summed E-state index contributed by atoms with van der Waals surface area (Å²) in [5.74, 6) is -1.40. The zero-order valence-electron chi connectivity index (χ0n) is 12.2. The van der Waals surface area contributed by atoms with E-state index in [2.05, 4.69) is 5.32 Å². The van der Waals surface area contributed by atoms with Gasteiger partial charge < -0.3 is 10.4 Å². The van der Waals surface area contributed by atoms with E-state index in [0.717, 1.165) is 17.7 Å². The average Bonchev–Trinajstić information content (AvgIpc) is 2.42. The molecule has 0 spiro atoms. The number of hydrogen-bond acceptors (Lipinski definition) is 2. The Bertz CT molecular complexity index is 457. The van der Waals surface area contributed by atoms with Gasteiger partial charge in [-0.15, -0.1) is 0 Å². The summed E-state index contributed by atoms with van der Waals surface area (Å²) in [5.41, 5.74) is 1.90. The molecule has 20 heavy (non-hydrogen) atoms. The Morgan fingerprint density at radius 1 is 1.30 bits per heavy atom. The number of nitrogens with one attached hydrogen (secondary N) is 1. The Kier molecular flexibility index (Phi) is 6.03. The van der Waals surface area contributed by atoms with Crippen molar-refractivity contribution in [1.82, 2.24) is 5.32 Å². The maximum atomic E-state index is 12.0. The number of rotatable bonds is 6. The maximum Gasteiger partial charge on any atom is 0.321 e. The molecule has 0 saturated heterocycles. The number of carbonyl (C=O) groups is 2. The molecule has 2 N–H and O–H groups in total. The number of hydrogen-bond donors (Lipinski definition) is 2. The lowest BCUT2D eigenvalue weighted by Crippen LogP contribution is -2.41. The number of carboxylic acid groups (broad SMARTS) is 1. The van der Waals surface area contributed by atoms with Crippen LogP contribution in [0, 0.1) is 12.8 Å². The van der Waals surface area contributed by atoms with Crippen molar-refractivity contribution in [2.45, 2.75) is 26.7 Å². The summed E-state index contributed by atoms with van der Waals surface area (Å²) in [6.45, 7) is 4.06. The zero-order chi connectivity index (χ0) is 15.1. The SMILES string of the molecule is CCCC(CNC(=O)N(C)c1ccc(C)cc1)C(=O)O. The summed E-state index contributed by atoms with van der Waals surface area (Å²) >= 11 is 0. The molecule has 110 valence electrons. The first-order chi connectivity index (χ1) is 9.45. The number of carboxylic acids is 1. The Labute approximate surface area is 119 Å². The predicted molar refractivity (Wildman–Crippen MR) is 79.0 cm³/mol. The lowest BCUT2D eigenvalue weighted by molar-refractivity contribution is -0.141. The molecule has 1 atom stereocenters. The van der Waals surface area contributed by atoms with Gasteiger partial charge in [0.15, 0.2) is 0 Å². The fourth-order valence-electron chi connectivity index (χ4n) is 1.88. The van der Waals surface area contributed by atoms with Crippen molar-refractivity contribution in [3.63, 3.8) is 0 Å². The van der Waals surface area contributed by atoms with Crippen LogP contribution in [0.5, 0.6) is 0 Å². The monoisotopic (exact) mass is 278 g/mol. The van der Waals surface area contributed by atoms with E-state index in [1.54, 1.807) is 7.05 Å². The number of benzene rings is 1. The normalized spacial score (nSPS) is 11.8. The molecule has 1 unspecified atom stereocenters. The molecule has 0 aromatic heterocycles. The Morgan fingerprint density at radius 3 is 2.40 bits per heavy atom. The van der Waals surface area contributed by atoms with Gasteiger partial charge >= 0.3 is 12.0 Å². The molecule has 5 heteroatoms. The van der Waals surface area contributed by atoms with Crippen molar-refractivity contribution < 1.29 is 14.7 Å². The van der Waals surface area contributed by atoms with Crippen LogP contribution >= 0.6 is 0 Å². The van der Waals surface area contributed by atoms with Gasteiger partial charge in [-0.25, -0.2) is 4.79 Å². The highest BCUT2D eigenvalue weighted by Gasteiger charge is 2.18. The molecule has 5 nitrogen and oxygen atoms in total. The minimum absolute atomic E-state index is 0.151. The second-order valence-corrected chi connectivity index (χ2v) is 4.90. The topological polar surface area (TPSA) is 69.6 Å². The van der Waals surface area contributed by atoms with Crippen molar-refractivity contribution >= 4 is 17.7 Å². The van der Waals surface area contributed by atoms with Crippen molar-refractivity contribution in [2.24, 2.45) is 5.92 Å². The highest BCUT2D eigenvalue weighted by atomic mass is 16.4. The minimum atomic E-state index is -0.870. The molecule has 0 aliphatic carbocycles. The Hall–Kier alpha value is -2.04. The second-order valence-electron chi connectivity index (χ2n) is 4.90. The fraction of sp³-hybridized carbons (Fsp3) is 0.467. The van der Waals surface area contributed by atoms with Gasteiger partial charge in [0.2, 0.25) is 0 Å². The van der Waals surface area contributed by atoms with E-state index >= 15 is 0 Å². The van der Waals surface area contributed by atoms with Gasteiger partial charge in [0.05, 0.1) is 5.92 Å². The Balaban J connectivity index is 2.57. The van der Waals surface area contributed by atoms with Crippen LogP contribution in [-0.2, 0) is 4.79 Å². The highest BCUT2D eigenvalue weighted by Crippen LogP contribution is 2.13. The van der Waals surface area contributed by atoms with Crippen LogP contribution in [0.1, 0.15) is 25.3 Å². The van der Waals surface area contributed by atoms with E-state index in [0.29, 0.717) is 6.42 Å². The van der Waals surface area contributed by atoms with Crippen molar-refractivity contribution in [1.29, 1.82) is 0 Å². The first-order valence-corrected chi connectivity index (χ1v) is 6.76. The molecule has 0 radical (unpaired) electrons. The molecule has 1 rings (SSSR count). The van der Waals surface area contributed by atoms with E-state index in [9.17, 15) is 9.59 Å². The summed E-state index contributed by atoms with van der Waals surface area (Å²) in [7, 11) is 1.66. The van der Waals surface area contributed by atoms with Crippen LogP contribution in [0.25, 0.3) is 0 Å². The molecule has 0 saturated carbocycles.